The molecule has 2 aromatic carbocycles. The highest BCUT2D eigenvalue weighted by Crippen LogP contribution is 2.16. The third-order valence-electron chi connectivity index (χ3n) is 3.95. The summed E-state index contributed by atoms with van der Waals surface area (Å²) in [5.41, 5.74) is 1.59. The molecule has 2 aromatic rings. The van der Waals surface area contributed by atoms with Crippen LogP contribution in [0.25, 0.3) is 0 Å². The minimum atomic E-state index is -0.692. The number of amides is 2. The lowest BCUT2D eigenvalue weighted by atomic mass is 10.1. The van der Waals surface area contributed by atoms with E-state index in [4.69, 9.17) is 16.3 Å². The highest BCUT2D eigenvalue weighted by Gasteiger charge is 2.13. The third-order valence-corrected chi connectivity index (χ3v) is 4.20. The van der Waals surface area contributed by atoms with E-state index in [1.54, 1.807) is 36.4 Å². The Morgan fingerprint density at radius 2 is 1.67 bits per heavy atom. The summed E-state index contributed by atoms with van der Waals surface area (Å²) >= 11 is 5.83. The van der Waals surface area contributed by atoms with E-state index in [9.17, 15) is 9.59 Å². The number of carbonyl (C=O) groups is 2. The number of benzene rings is 2. The fraction of sp³-hybridized carbons (Fsp3) is 0.333. The quantitative estimate of drug-likeness (QED) is 0.499. The zero-order valence-corrected chi connectivity index (χ0v) is 16.2. The molecule has 0 spiro atoms. The van der Waals surface area contributed by atoms with Crippen LogP contribution in [0.3, 0.4) is 0 Å². The lowest BCUT2D eigenvalue weighted by molar-refractivity contribution is -0.136. The summed E-state index contributed by atoms with van der Waals surface area (Å²) in [7, 11) is 0. The second-order valence-corrected chi connectivity index (χ2v) is 6.60. The van der Waals surface area contributed by atoms with Crippen LogP contribution in [-0.4, -0.2) is 25.0 Å². The van der Waals surface area contributed by atoms with Gasteiger partial charge in [0.1, 0.15) is 5.75 Å². The van der Waals surface area contributed by atoms with Gasteiger partial charge in [0, 0.05) is 17.3 Å². The highest BCUT2D eigenvalue weighted by atomic mass is 35.5. The maximum absolute atomic E-state index is 12.0. The van der Waals surface area contributed by atoms with Crippen molar-refractivity contribution in [3.63, 3.8) is 0 Å². The lowest BCUT2D eigenvalue weighted by Gasteiger charge is -2.09. The zero-order valence-electron chi connectivity index (χ0n) is 15.5. The van der Waals surface area contributed by atoms with Crippen molar-refractivity contribution in [2.75, 3.05) is 18.5 Å². The Morgan fingerprint density at radius 3 is 2.33 bits per heavy atom. The molecule has 0 heterocycles. The standard InChI is InChI=1S/C21H25ClN2O3/c1-2-3-4-15-27-19-11-9-18(10-12-19)24-21(26)20(25)23-14-13-16-5-7-17(22)8-6-16/h5-12H,2-4,13-15H2,1H3,(H,23,25)(H,24,26). The Kier molecular flexibility index (Phi) is 8.65. The molecule has 0 aliphatic carbocycles. The Hall–Kier alpha value is -2.53. The predicted octanol–water partition coefficient (Wildman–Crippen LogP) is 4.21. The smallest absolute Gasteiger partial charge is 0.313 e. The molecule has 0 aliphatic heterocycles. The molecule has 0 aromatic heterocycles. The van der Waals surface area contributed by atoms with E-state index in [1.165, 1.54) is 0 Å². The summed E-state index contributed by atoms with van der Waals surface area (Å²) in [6, 6.07) is 14.4. The van der Waals surface area contributed by atoms with Gasteiger partial charge in [-0.1, -0.05) is 43.5 Å². The molecular formula is C21H25ClN2O3. The number of carbonyl (C=O) groups excluding carboxylic acids is 2. The molecule has 27 heavy (non-hydrogen) atoms. The lowest BCUT2D eigenvalue weighted by Crippen LogP contribution is -2.36. The highest BCUT2D eigenvalue weighted by molar-refractivity contribution is 6.39. The first kappa shape index (κ1) is 20.8. The van der Waals surface area contributed by atoms with E-state index >= 15 is 0 Å². The van der Waals surface area contributed by atoms with Crippen LogP contribution in [0.5, 0.6) is 5.75 Å². The van der Waals surface area contributed by atoms with Gasteiger partial charge >= 0.3 is 11.8 Å². The van der Waals surface area contributed by atoms with E-state index in [2.05, 4.69) is 17.6 Å². The van der Waals surface area contributed by atoms with Gasteiger partial charge in [0.25, 0.3) is 0 Å². The van der Waals surface area contributed by atoms with Crippen LogP contribution in [0.4, 0.5) is 5.69 Å². The molecule has 144 valence electrons. The Bertz CT molecular complexity index is 730. The molecule has 6 heteroatoms. The van der Waals surface area contributed by atoms with Crippen molar-refractivity contribution < 1.29 is 14.3 Å². The first-order chi connectivity index (χ1) is 13.1. The number of anilines is 1. The van der Waals surface area contributed by atoms with Gasteiger partial charge in [-0.2, -0.15) is 0 Å². The maximum atomic E-state index is 12.0. The zero-order chi connectivity index (χ0) is 19.5. The third kappa shape index (κ3) is 7.71. The Labute approximate surface area is 165 Å². The largest absolute Gasteiger partial charge is 0.494 e. The predicted molar refractivity (Wildman–Crippen MR) is 108 cm³/mol. The number of hydrogen-bond donors (Lipinski definition) is 2. The molecule has 2 rings (SSSR count). The average Bonchev–Trinajstić information content (AvgIpc) is 2.68. The van der Waals surface area contributed by atoms with E-state index in [1.807, 2.05) is 12.1 Å². The van der Waals surface area contributed by atoms with Crippen molar-refractivity contribution in [2.45, 2.75) is 32.6 Å². The van der Waals surface area contributed by atoms with Gasteiger partial charge in [0.05, 0.1) is 6.61 Å². The summed E-state index contributed by atoms with van der Waals surface area (Å²) in [5.74, 6) is -0.608. The molecule has 0 saturated heterocycles. The van der Waals surface area contributed by atoms with Crippen LogP contribution < -0.4 is 15.4 Å². The molecule has 0 aliphatic rings. The summed E-state index contributed by atoms with van der Waals surface area (Å²) < 4.78 is 5.62. The van der Waals surface area contributed by atoms with Crippen LogP contribution in [-0.2, 0) is 16.0 Å². The number of unbranched alkanes of at least 4 members (excludes halogenated alkanes) is 2. The topological polar surface area (TPSA) is 67.4 Å². The SMILES string of the molecule is CCCCCOc1ccc(NC(=O)C(=O)NCCc2ccc(Cl)cc2)cc1. The van der Waals surface area contributed by atoms with Crippen molar-refractivity contribution in [1.29, 1.82) is 0 Å². The van der Waals surface area contributed by atoms with Gasteiger partial charge in [0.2, 0.25) is 0 Å². The summed E-state index contributed by atoms with van der Waals surface area (Å²) in [4.78, 5) is 23.8. The number of nitrogens with one attached hydrogen (secondary N) is 2. The monoisotopic (exact) mass is 388 g/mol. The van der Waals surface area contributed by atoms with Crippen LogP contribution in [0.1, 0.15) is 31.7 Å². The first-order valence-electron chi connectivity index (χ1n) is 9.15. The van der Waals surface area contributed by atoms with Crippen LogP contribution >= 0.6 is 11.6 Å². The average molecular weight is 389 g/mol. The van der Waals surface area contributed by atoms with Gasteiger partial charge in [-0.25, -0.2) is 0 Å². The van der Waals surface area contributed by atoms with E-state index in [0.29, 0.717) is 30.3 Å². The second-order valence-electron chi connectivity index (χ2n) is 6.17. The molecule has 0 fully saturated rings. The summed E-state index contributed by atoms with van der Waals surface area (Å²) in [5, 5.41) is 5.85. The Morgan fingerprint density at radius 1 is 0.963 bits per heavy atom. The van der Waals surface area contributed by atoms with Crippen molar-refractivity contribution in [1.82, 2.24) is 5.32 Å². The minimum Gasteiger partial charge on any atom is -0.494 e. The molecule has 0 bridgehead atoms. The number of halogens is 1. The van der Waals surface area contributed by atoms with Gasteiger partial charge in [-0.05, 0) is 54.8 Å². The van der Waals surface area contributed by atoms with E-state index in [0.717, 1.165) is 30.6 Å². The summed E-state index contributed by atoms with van der Waals surface area (Å²) in [6.07, 6.45) is 3.93. The van der Waals surface area contributed by atoms with Crippen LogP contribution in [0.15, 0.2) is 48.5 Å². The van der Waals surface area contributed by atoms with E-state index in [-0.39, 0.29) is 0 Å². The van der Waals surface area contributed by atoms with Crippen LogP contribution in [0, 0.1) is 0 Å². The maximum Gasteiger partial charge on any atom is 0.313 e. The first-order valence-corrected chi connectivity index (χ1v) is 9.52. The molecule has 0 unspecified atom stereocenters. The molecule has 0 saturated carbocycles. The van der Waals surface area contributed by atoms with E-state index < -0.39 is 11.8 Å². The molecule has 2 N–H and O–H groups in total. The fourth-order valence-corrected chi connectivity index (χ4v) is 2.54. The number of ether oxygens (including phenoxy) is 1. The van der Waals surface area contributed by atoms with Gasteiger partial charge in [0.15, 0.2) is 0 Å². The van der Waals surface area contributed by atoms with Crippen molar-refractivity contribution in [3.05, 3.63) is 59.1 Å². The number of rotatable bonds is 9. The Balaban J connectivity index is 1.71. The fourth-order valence-electron chi connectivity index (χ4n) is 2.42. The normalized spacial score (nSPS) is 10.3. The summed E-state index contributed by atoms with van der Waals surface area (Å²) in [6.45, 7) is 3.19. The molecule has 0 atom stereocenters. The molecule has 2 amide bonds. The second kappa shape index (κ2) is 11.2. The van der Waals surface area contributed by atoms with Crippen molar-refractivity contribution >= 4 is 29.1 Å². The van der Waals surface area contributed by atoms with Gasteiger partial charge < -0.3 is 15.4 Å². The molecular weight excluding hydrogens is 364 g/mol. The minimum absolute atomic E-state index is 0.373. The molecule has 5 nitrogen and oxygen atoms in total. The van der Waals surface area contributed by atoms with Gasteiger partial charge in [-0.15, -0.1) is 0 Å². The number of hydrogen-bond acceptors (Lipinski definition) is 3. The molecule has 0 radical (unpaired) electrons. The van der Waals surface area contributed by atoms with Crippen molar-refractivity contribution in [2.24, 2.45) is 0 Å². The van der Waals surface area contributed by atoms with Crippen LogP contribution in [0.2, 0.25) is 5.02 Å². The van der Waals surface area contributed by atoms with Crippen molar-refractivity contribution in [3.8, 4) is 5.75 Å². The van der Waals surface area contributed by atoms with Gasteiger partial charge in [-0.3, -0.25) is 9.59 Å².